The monoisotopic (exact) mass is 406 g/mol. The van der Waals surface area contributed by atoms with E-state index in [0.717, 1.165) is 5.56 Å². The molecule has 0 aliphatic carbocycles. The van der Waals surface area contributed by atoms with Crippen molar-refractivity contribution in [3.8, 4) is 0 Å². The largest absolute Gasteiger partial charge is 0.469 e. The highest BCUT2D eigenvalue weighted by Crippen LogP contribution is 2.29. The van der Waals surface area contributed by atoms with Crippen LogP contribution in [0.4, 0.5) is 0 Å². The first kappa shape index (κ1) is 19.6. The molecule has 0 spiro atoms. The Hall–Kier alpha value is -2.12. The zero-order valence-electron chi connectivity index (χ0n) is 14.6. The number of benzene rings is 2. The van der Waals surface area contributed by atoms with Gasteiger partial charge in [-0.1, -0.05) is 53.6 Å². The predicted molar refractivity (Wildman–Crippen MR) is 103 cm³/mol. The number of hydrogen-bond acceptors (Lipinski definition) is 5. The van der Waals surface area contributed by atoms with Crippen molar-refractivity contribution in [2.45, 2.75) is 24.2 Å². The fraction of sp³-hybridized carbons (Fsp3) is 0.200. The van der Waals surface area contributed by atoms with Crippen LogP contribution in [0.15, 0.2) is 77.9 Å². The molecule has 0 radical (unpaired) electrons. The van der Waals surface area contributed by atoms with Gasteiger partial charge in [0.15, 0.2) is 0 Å². The summed E-state index contributed by atoms with van der Waals surface area (Å²) >= 11 is 6.26. The van der Waals surface area contributed by atoms with E-state index in [1.165, 1.54) is 18.4 Å². The maximum atomic E-state index is 12.5. The zero-order chi connectivity index (χ0) is 19.3. The Morgan fingerprint density at radius 1 is 1.11 bits per heavy atom. The molecule has 1 unspecified atom stereocenters. The SMILES string of the molecule is Cc1ccc(S(=O)(=O)OCC(O[C@@H]2C=CC=CO2)c2ccccc2Cl)cc1. The quantitative estimate of drug-likeness (QED) is 0.632. The maximum Gasteiger partial charge on any atom is 0.297 e. The molecule has 5 nitrogen and oxygen atoms in total. The minimum atomic E-state index is -3.93. The normalized spacial score (nSPS) is 17.5. The number of ether oxygens (including phenoxy) is 2. The molecular weight excluding hydrogens is 388 g/mol. The Bertz CT molecular complexity index is 935. The average Bonchev–Trinajstić information content (AvgIpc) is 2.67. The van der Waals surface area contributed by atoms with E-state index in [1.54, 1.807) is 54.6 Å². The molecule has 0 saturated heterocycles. The topological polar surface area (TPSA) is 61.8 Å². The lowest BCUT2D eigenvalue weighted by Gasteiger charge is -2.24. The van der Waals surface area contributed by atoms with Gasteiger partial charge in [0.2, 0.25) is 6.29 Å². The number of aryl methyl sites for hydroxylation is 1. The van der Waals surface area contributed by atoms with Crippen LogP contribution in [0.2, 0.25) is 5.02 Å². The van der Waals surface area contributed by atoms with Gasteiger partial charge in [-0.25, -0.2) is 0 Å². The Balaban J connectivity index is 1.78. The van der Waals surface area contributed by atoms with Crippen molar-refractivity contribution in [1.29, 1.82) is 0 Å². The number of halogens is 1. The van der Waals surface area contributed by atoms with Crippen molar-refractivity contribution in [2.24, 2.45) is 0 Å². The number of allylic oxidation sites excluding steroid dienone is 2. The summed E-state index contributed by atoms with van der Waals surface area (Å²) in [6.07, 6.45) is 5.31. The fourth-order valence-corrected chi connectivity index (χ4v) is 3.64. The second-order valence-electron chi connectivity index (χ2n) is 5.92. The first-order chi connectivity index (χ1) is 13.0. The van der Waals surface area contributed by atoms with E-state index in [9.17, 15) is 8.42 Å². The van der Waals surface area contributed by atoms with Crippen molar-refractivity contribution < 1.29 is 22.1 Å². The fourth-order valence-electron chi connectivity index (χ4n) is 2.47. The molecule has 0 amide bonds. The van der Waals surface area contributed by atoms with Gasteiger partial charge in [-0.2, -0.15) is 8.42 Å². The number of hydrogen-bond donors (Lipinski definition) is 0. The Labute approximate surface area is 164 Å². The van der Waals surface area contributed by atoms with Gasteiger partial charge in [0.1, 0.15) is 6.10 Å². The van der Waals surface area contributed by atoms with Crippen LogP contribution >= 0.6 is 11.6 Å². The second kappa shape index (κ2) is 8.71. The van der Waals surface area contributed by atoms with Crippen molar-refractivity contribution in [3.63, 3.8) is 0 Å². The summed E-state index contributed by atoms with van der Waals surface area (Å²) in [4.78, 5) is 0.0859. The lowest BCUT2D eigenvalue weighted by molar-refractivity contribution is -0.124. The number of rotatable bonds is 7. The van der Waals surface area contributed by atoms with Crippen LogP contribution in [0, 0.1) is 6.92 Å². The van der Waals surface area contributed by atoms with Gasteiger partial charge in [0.05, 0.1) is 17.8 Å². The molecule has 27 heavy (non-hydrogen) atoms. The van der Waals surface area contributed by atoms with Crippen LogP contribution in [-0.2, 0) is 23.8 Å². The van der Waals surface area contributed by atoms with Crippen molar-refractivity contribution in [1.82, 2.24) is 0 Å². The van der Waals surface area contributed by atoms with Crippen LogP contribution in [0.25, 0.3) is 0 Å². The summed E-state index contributed by atoms with van der Waals surface area (Å²) in [7, 11) is -3.93. The van der Waals surface area contributed by atoms with Crippen molar-refractivity contribution in [2.75, 3.05) is 6.61 Å². The lowest BCUT2D eigenvalue weighted by Crippen LogP contribution is -2.22. The smallest absolute Gasteiger partial charge is 0.297 e. The van der Waals surface area contributed by atoms with Gasteiger partial charge in [0.25, 0.3) is 10.1 Å². The molecular formula is C20H19ClO5S. The van der Waals surface area contributed by atoms with Gasteiger partial charge in [-0.15, -0.1) is 0 Å². The van der Waals surface area contributed by atoms with Gasteiger partial charge in [-0.05, 0) is 37.3 Å². The molecule has 7 heteroatoms. The van der Waals surface area contributed by atoms with E-state index in [-0.39, 0.29) is 11.5 Å². The second-order valence-corrected chi connectivity index (χ2v) is 7.94. The molecule has 0 saturated carbocycles. The minimum absolute atomic E-state index is 0.0859. The summed E-state index contributed by atoms with van der Waals surface area (Å²) in [5.41, 5.74) is 1.57. The molecule has 1 aliphatic rings. The summed E-state index contributed by atoms with van der Waals surface area (Å²) in [5.74, 6) is 0. The van der Waals surface area contributed by atoms with Crippen LogP contribution in [0.5, 0.6) is 0 Å². The highest BCUT2D eigenvalue weighted by atomic mass is 35.5. The molecule has 0 fully saturated rings. The zero-order valence-corrected chi connectivity index (χ0v) is 16.2. The lowest BCUT2D eigenvalue weighted by atomic mass is 10.1. The summed E-state index contributed by atoms with van der Waals surface area (Å²) in [6.45, 7) is 1.64. The molecule has 142 valence electrons. The average molecular weight is 407 g/mol. The third kappa shape index (κ3) is 5.20. The molecule has 1 heterocycles. The molecule has 2 atom stereocenters. The molecule has 0 aromatic heterocycles. The van der Waals surface area contributed by atoms with Gasteiger partial charge >= 0.3 is 0 Å². The van der Waals surface area contributed by atoms with E-state index < -0.39 is 22.5 Å². The van der Waals surface area contributed by atoms with Crippen LogP contribution in [0.1, 0.15) is 17.2 Å². The van der Waals surface area contributed by atoms with E-state index in [2.05, 4.69) is 0 Å². The first-order valence-electron chi connectivity index (χ1n) is 8.30. The summed E-state index contributed by atoms with van der Waals surface area (Å²) in [5, 5.41) is 0.453. The molecule has 2 aromatic carbocycles. The summed E-state index contributed by atoms with van der Waals surface area (Å²) in [6, 6.07) is 13.5. The highest BCUT2D eigenvalue weighted by Gasteiger charge is 2.24. The highest BCUT2D eigenvalue weighted by molar-refractivity contribution is 7.86. The molecule has 0 bridgehead atoms. The van der Waals surface area contributed by atoms with Gasteiger partial charge < -0.3 is 9.47 Å². The molecule has 0 N–H and O–H groups in total. The minimum Gasteiger partial charge on any atom is -0.469 e. The third-order valence-electron chi connectivity index (χ3n) is 3.91. The van der Waals surface area contributed by atoms with E-state index in [0.29, 0.717) is 10.6 Å². The van der Waals surface area contributed by atoms with Gasteiger partial charge in [0, 0.05) is 10.6 Å². The molecule has 1 aliphatic heterocycles. The predicted octanol–water partition coefficient (Wildman–Crippen LogP) is 4.54. The van der Waals surface area contributed by atoms with Gasteiger partial charge in [-0.3, -0.25) is 4.18 Å². The standard InChI is InChI=1S/C20H19ClO5S/c1-15-9-11-16(12-10-15)27(22,23)25-14-19(17-6-2-3-7-18(17)21)26-20-8-4-5-13-24-20/h2-13,19-20H,14H2,1H3/t19?,20-/m1/s1. The Morgan fingerprint density at radius 3 is 2.52 bits per heavy atom. The maximum absolute atomic E-state index is 12.5. The van der Waals surface area contributed by atoms with Crippen molar-refractivity contribution >= 4 is 21.7 Å². The molecule has 3 rings (SSSR count). The third-order valence-corrected chi connectivity index (χ3v) is 5.55. The van der Waals surface area contributed by atoms with Crippen molar-refractivity contribution in [3.05, 3.63) is 89.2 Å². The Kier molecular flexibility index (Phi) is 6.34. The van der Waals surface area contributed by atoms with Crippen LogP contribution < -0.4 is 0 Å². The van der Waals surface area contributed by atoms with Crippen LogP contribution in [0.3, 0.4) is 0 Å². The van der Waals surface area contributed by atoms with E-state index >= 15 is 0 Å². The molecule has 2 aromatic rings. The van der Waals surface area contributed by atoms with Crippen LogP contribution in [-0.4, -0.2) is 21.3 Å². The van der Waals surface area contributed by atoms with E-state index in [1.807, 2.05) is 6.92 Å². The first-order valence-corrected chi connectivity index (χ1v) is 10.1. The Morgan fingerprint density at radius 2 is 1.85 bits per heavy atom. The van der Waals surface area contributed by atoms with E-state index in [4.69, 9.17) is 25.3 Å². The summed E-state index contributed by atoms with van der Waals surface area (Å²) < 4.78 is 41.5.